The Labute approximate surface area is 102 Å². The van der Waals surface area contributed by atoms with Crippen molar-refractivity contribution in [2.24, 2.45) is 5.92 Å². The van der Waals surface area contributed by atoms with Gasteiger partial charge in [-0.3, -0.25) is 4.90 Å². The van der Waals surface area contributed by atoms with Crippen LogP contribution in [0.2, 0.25) is 0 Å². The quantitative estimate of drug-likeness (QED) is 0.581. The molecule has 0 saturated carbocycles. The molecule has 1 atom stereocenters. The van der Waals surface area contributed by atoms with Gasteiger partial charge in [-0.15, -0.1) is 0 Å². The number of hydrogen-bond acceptors (Lipinski definition) is 3. The van der Waals surface area contributed by atoms with Crippen LogP contribution in [0.5, 0.6) is 0 Å². The Bertz CT molecular complexity index is 151. The van der Waals surface area contributed by atoms with E-state index in [2.05, 4.69) is 38.0 Å². The van der Waals surface area contributed by atoms with Crippen molar-refractivity contribution >= 4 is 0 Å². The van der Waals surface area contributed by atoms with Crippen molar-refractivity contribution in [3.63, 3.8) is 0 Å². The maximum absolute atomic E-state index is 5.38. The van der Waals surface area contributed by atoms with Crippen LogP contribution in [0.25, 0.3) is 0 Å². The maximum atomic E-state index is 5.38. The van der Waals surface area contributed by atoms with Crippen LogP contribution in [0.15, 0.2) is 0 Å². The number of likely N-dealkylation sites (N-methyl/N-ethyl adjacent to an activating group) is 1. The van der Waals surface area contributed by atoms with Crippen LogP contribution in [-0.4, -0.2) is 50.8 Å². The van der Waals surface area contributed by atoms with Crippen LogP contribution >= 0.6 is 0 Å². The molecule has 0 heterocycles. The molecule has 0 spiro atoms. The van der Waals surface area contributed by atoms with E-state index in [1.54, 1.807) is 0 Å². The van der Waals surface area contributed by atoms with E-state index >= 15 is 0 Å². The molecule has 1 N–H and O–H groups in total. The summed E-state index contributed by atoms with van der Waals surface area (Å²) in [6.07, 6.45) is 1.19. The van der Waals surface area contributed by atoms with Crippen LogP contribution in [-0.2, 0) is 4.74 Å². The molecule has 0 aliphatic rings. The molecule has 16 heavy (non-hydrogen) atoms. The highest BCUT2D eigenvalue weighted by Gasteiger charge is 2.11. The van der Waals surface area contributed by atoms with E-state index in [1.807, 2.05) is 6.92 Å². The van der Waals surface area contributed by atoms with E-state index in [-0.39, 0.29) is 0 Å². The molecule has 0 amide bonds. The molecule has 0 bridgehead atoms. The van der Waals surface area contributed by atoms with Crippen molar-refractivity contribution in [2.45, 2.75) is 40.2 Å². The highest BCUT2D eigenvalue weighted by Crippen LogP contribution is 2.00. The van der Waals surface area contributed by atoms with Crippen molar-refractivity contribution in [3.05, 3.63) is 0 Å². The zero-order valence-electron chi connectivity index (χ0n) is 11.8. The number of hydrogen-bond donors (Lipinski definition) is 1. The minimum atomic E-state index is 0.624. The zero-order valence-corrected chi connectivity index (χ0v) is 11.8. The van der Waals surface area contributed by atoms with E-state index in [9.17, 15) is 0 Å². The molecule has 0 aromatic heterocycles. The summed E-state index contributed by atoms with van der Waals surface area (Å²) in [5, 5.41) is 3.52. The highest BCUT2D eigenvalue weighted by molar-refractivity contribution is 4.70. The lowest BCUT2D eigenvalue weighted by Gasteiger charge is -2.27. The van der Waals surface area contributed by atoms with Gasteiger partial charge in [-0.25, -0.2) is 0 Å². The lowest BCUT2D eigenvalue weighted by molar-refractivity contribution is 0.105. The largest absolute Gasteiger partial charge is 0.380 e. The number of rotatable bonds is 10. The van der Waals surface area contributed by atoms with Gasteiger partial charge in [0.1, 0.15) is 0 Å². The summed E-state index contributed by atoms with van der Waals surface area (Å²) in [6.45, 7) is 13.6. The zero-order chi connectivity index (χ0) is 12.4. The highest BCUT2D eigenvalue weighted by atomic mass is 16.5. The van der Waals surface area contributed by atoms with Gasteiger partial charge in [0.2, 0.25) is 0 Å². The first-order valence-corrected chi connectivity index (χ1v) is 6.60. The second kappa shape index (κ2) is 10.1. The Morgan fingerprint density at radius 3 is 2.38 bits per heavy atom. The minimum Gasteiger partial charge on any atom is -0.380 e. The average Bonchev–Trinajstić information content (AvgIpc) is 2.24. The van der Waals surface area contributed by atoms with Crippen molar-refractivity contribution in [1.82, 2.24) is 10.2 Å². The van der Waals surface area contributed by atoms with Gasteiger partial charge in [-0.1, -0.05) is 20.8 Å². The summed E-state index contributed by atoms with van der Waals surface area (Å²) < 4.78 is 5.38. The van der Waals surface area contributed by atoms with Gasteiger partial charge < -0.3 is 10.1 Å². The normalized spacial score (nSPS) is 13.7. The summed E-state index contributed by atoms with van der Waals surface area (Å²) in [5.41, 5.74) is 0. The second-order valence-electron chi connectivity index (χ2n) is 4.79. The first kappa shape index (κ1) is 15.9. The lowest BCUT2D eigenvalue weighted by atomic mass is 10.1. The van der Waals surface area contributed by atoms with E-state index in [1.165, 1.54) is 6.42 Å². The fourth-order valence-corrected chi connectivity index (χ4v) is 1.69. The fraction of sp³-hybridized carbons (Fsp3) is 1.00. The Balaban J connectivity index is 3.69. The van der Waals surface area contributed by atoms with Crippen LogP contribution in [0, 0.1) is 5.92 Å². The van der Waals surface area contributed by atoms with Crippen LogP contribution in [0.1, 0.15) is 34.1 Å². The maximum Gasteiger partial charge on any atom is 0.0593 e. The standard InChI is InChI=1S/C13H30N2O/c1-6-13(11-14-10-12(3)4)15(5)8-9-16-7-2/h12-14H,6-11H2,1-5H3. The van der Waals surface area contributed by atoms with Gasteiger partial charge in [0.25, 0.3) is 0 Å². The molecule has 0 rings (SSSR count). The van der Waals surface area contributed by atoms with E-state index in [0.717, 1.165) is 38.8 Å². The molecule has 0 aliphatic heterocycles. The molecule has 3 heteroatoms. The van der Waals surface area contributed by atoms with Crippen molar-refractivity contribution in [1.29, 1.82) is 0 Å². The third kappa shape index (κ3) is 8.08. The first-order valence-electron chi connectivity index (χ1n) is 6.60. The molecule has 0 aromatic rings. The van der Waals surface area contributed by atoms with Crippen molar-refractivity contribution in [3.8, 4) is 0 Å². The van der Waals surface area contributed by atoms with Gasteiger partial charge >= 0.3 is 0 Å². The first-order chi connectivity index (χ1) is 7.61. The predicted molar refractivity (Wildman–Crippen MR) is 70.9 cm³/mol. The Kier molecular flexibility index (Phi) is 9.99. The van der Waals surface area contributed by atoms with Gasteiger partial charge in [0.15, 0.2) is 0 Å². The molecular formula is C13H30N2O. The van der Waals surface area contributed by atoms with Gasteiger partial charge in [0, 0.05) is 25.7 Å². The summed E-state index contributed by atoms with van der Waals surface area (Å²) in [6, 6.07) is 0.624. The number of ether oxygens (including phenoxy) is 1. The second-order valence-corrected chi connectivity index (χ2v) is 4.79. The Hall–Kier alpha value is -0.120. The molecule has 0 aliphatic carbocycles. The molecule has 0 aromatic carbocycles. The summed E-state index contributed by atoms with van der Waals surface area (Å²) in [4.78, 5) is 2.39. The third-order valence-corrected chi connectivity index (χ3v) is 2.82. The predicted octanol–water partition coefficient (Wildman–Crippen LogP) is 1.98. The average molecular weight is 230 g/mol. The Morgan fingerprint density at radius 2 is 1.88 bits per heavy atom. The van der Waals surface area contributed by atoms with Crippen LogP contribution < -0.4 is 5.32 Å². The molecule has 98 valence electrons. The van der Waals surface area contributed by atoms with Crippen molar-refractivity contribution in [2.75, 3.05) is 39.9 Å². The van der Waals surface area contributed by atoms with Gasteiger partial charge in [-0.2, -0.15) is 0 Å². The molecular weight excluding hydrogens is 200 g/mol. The van der Waals surface area contributed by atoms with Crippen molar-refractivity contribution < 1.29 is 4.74 Å². The monoisotopic (exact) mass is 230 g/mol. The van der Waals surface area contributed by atoms with E-state index in [0.29, 0.717) is 6.04 Å². The summed E-state index contributed by atoms with van der Waals surface area (Å²) >= 11 is 0. The van der Waals surface area contributed by atoms with Crippen LogP contribution in [0.3, 0.4) is 0 Å². The lowest BCUT2D eigenvalue weighted by Crippen LogP contribution is -2.42. The SMILES string of the molecule is CCOCCN(C)C(CC)CNCC(C)C. The summed E-state index contributed by atoms with van der Waals surface area (Å²) in [7, 11) is 2.18. The fourth-order valence-electron chi connectivity index (χ4n) is 1.69. The molecule has 0 fully saturated rings. The molecule has 0 radical (unpaired) electrons. The third-order valence-electron chi connectivity index (χ3n) is 2.82. The van der Waals surface area contributed by atoms with E-state index in [4.69, 9.17) is 4.74 Å². The number of nitrogens with zero attached hydrogens (tertiary/aromatic N) is 1. The van der Waals surface area contributed by atoms with Crippen LogP contribution in [0.4, 0.5) is 0 Å². The number of nitrogens with one attached hydrogen (secondary N) is 1. The summed E-state index contributed by atoms with van der Waals surface area (Å²) in [5.74, 6) is 0.728. The Morgan fingerprint density at radius 1 is 1.19 bits per heavy atom. The topological polar surface area (TPSA) is 24.5 Å². The molecule has 0 saturated heterocycles. The smallest absolute Gasteiger partial charge is 0.0593 e. The minimum absolute atomic E-state index is 0.624. The molecule has 1 unspecified atom stereocenters. The van der Waals surface area contributed by atoms with E-state index < -0.39 is 0 Å². The van der Waals surface area contributed by atoms with Gasteiger partial charge in [0.05, 0.1) is 6.61 Å². The molecule has 3 nitrogen and oxygen atoms in total. The van der Waals surface area contributed by atoms with Gasteiger partial charge in [-0.05, 0) is 32.9 Å².